The van der Waals surface area contributed by atoms with Crippen molar-refractivity contribution in [1.29, 1.82) is 0 Å². The summed E-state index contributed by atoms with van der Waals surface area (Å²) in [5.41, 5.74) is 0.532. The molecule has 1 aliphatic rings. The van der Waals surface area contributed by atoms with E-state index in [4.69, 9.17) is 0 Å². The van der Waals surface area contributed by atoms with Crippen LogP contribution >= 0.6 is 0 Å². The van der Waals surface area contributed by atoms with Crippen molar-refractivity contribution in [2.45, 2.75) is 31.9 Å². The summed E-state index contributed by atoms with van der Waals surface area (Å²) in [6, 6.07) is -0.254. The van der Waals surface area contributed by atoms with E-state index in [0.717, 1.165) is 13.0 Å². The molecule has 0 spiro atoms. The zero-order valence-corrected chi connectivity index (χ0v) is 9.50. The lowest BCUT2D eigenvalue weighted by Gasteiger charge is -2.09. The van der Waals surface area contributed by atoms with Crippen molar-refractivity contribution in [3.05, 3.63) is 11.9 Å². The van der Waals surface area contributed by atoms with E-state index in [0.29, 0.717) is 12.1 Å². The number of carbonyl (C=O) groups is 1. The Morgan fingerprint density at radius 3 is 3.00 bits per heavy atom. The van der Waals surface area contributed by atoms with Crippen molar-refractivity contribution in [3.63, 3.8) is 0 Å². The molecule has 1 aromatic heterocycles. The minimum atomic E-state index is -0.594. The van der Waals surface area contributed by atoms with Crippen LogP contribution in [0.3, 0.4) is 0 Å². The van der Waals surface area contributed by atoms with Crippen LogP contribution < -0.4 is 0 Å². The maximum absolute atomic E-state index is 11.7. The van der Waals surface area contributed by atoms with Crippen LogP contribution in [0.1, 0.15) is 37.6 Å². The third-order valence-corrected chi connectivity index (χ3v) is 2.97. The number of carbonyl (C=O) groups excluding carboxylic acids is 1. The molecule has 2 rings (SSSR count). The molecule has 16 heavy (non-hydrogen) atoms. The van der Waals surface area contributed by atoms with E-state index >= 15 is 0 Å². The van der Waals surface area contributed by atoms with Crippen molar-refractivity contribution in [3.8, 4) is 0 Å². The lowest BCUT2D eigenvalue weighted by Crippen LogP contribution is -2.24. The van der Waals surface area contributed by atoms with E-state index in [1.807, 2.05) is 6.92 Å². The highest BCUT2D eigenvalue weighted by Gasteiger charge is 2.31. The summed E-state index contributed by atoms with van der Waals surface area (Å²) in [7, 11) is 1.78. The maximum Gasteiger partial charge on any atom is 0.247 e. The first-order valence-corrected chi connectivity index (χ1v) is 5.48. The van der Waals surface area contributed by atoms with Crippen LogP contribution in [0, 0.1) is 0 Å². The fraction of sp³-hybridized carbons (Fsp3) is 0.700. The molecule has 6 nitrogen and oxygen atoms in total. The molecule has 1 fully saturated rings. The summed E-state index contributed by atoms with van der Waals surface area (Å²) < 4.78 is 1.56. The van der Waals surface area contributed by atoms with Crippen molar-refractivity contribution < 1.29 is 9.90 Å². The summed E-state index contributed by atoms with van der Waals surface area (Å²) in [4.78, 5) is 13.4. The van der Waals surface area contributed by atoms with Gasteiger partial charge in [-0.1, -0.05) is 12.1 Å². The van der Waals surface area contributed by atoms with E-state index in [1.165, 1.54) is 0 Å². The molecule has 2 unspecified atom stereocenters. The fourth-order valence-electron chi connectivity index (χ4n) is 1.85. The van der Waals surface area contributed by atoms with Gasteiger partial charge in [-0.15, -0.1) is 5.10 Å². The molecule has 0 saturated carbocycles. The van der Waals surface area contributed by atoms with Gasteiger partial charge in [-0.3, -0.25) is 4.79 Å². The van der Waals surface area contributed by atoms with Crippen molar-refractivity contribution in [2.75, 3.05) is 13.6 Å². The zero-order valence-electron chi connectivity index (χ0n) is 9.50. The number of aliphatic hydroxyl groups is 1. The molecule has 6 heteroatoms. The van der Waals surface area contributed by atoms with Crippen LogP contribution in [0.15, 0.2) is 6.20 Å². The monoisotopic (exact) mass is 224 g/mol. The Balaban J connectivity index is 2.16. The van der Waals surface area contributed by atoms with Crippen LogP contribution in [-0.2, 0) is 4.79 Å². The Bertz CT molecular complexity index is 390. The SMILES string of the molecule is CCC(O)c1cn(C2CCN(C)C2=O)nn1. The van der Waals surface area contributed by atoms with Crippen LogP contribution in [0.5, 0.6) is 0 Å². The molecule has 0 aliphatic carbocycles. The average molecular weight is 224 g/mol. The van der Waals surface area contributed by atoms with Crippen molar-refractivity contribution in [1.82, 2.24) is 19.9 Å². The molecular formula is C10H16N4O2. The van der Waals surface area contributed by atoms with Gasteiger partial charge in [0.1, 0.15) is 11.7 Å². The van der Waals surface area contributed by atoms with Gasteiger partial charge in [0.15, 0.2) is 0 Å². The molecule has 1 saturated heterocycles. The van der Waals surface area contributed by atoms with Crippen LogP contribution in [0.4, 0.5) is 0 Å². The summed E-state index contributed by atoms with van der Waals surface area (Å²) in [6.07, 6.45) is 2.41. The standard InChI is InChI=1S/C10H16N4O2/c1-3-9(15)7-6-14(12-11-7)8-4-5-13(2)10(8)16/h6,8-9,15H,3-5H2,1-2H3. The molecular weight excluding hydrogens is 208 g/mol. The average Bonchev–Trinajstić information content (AvgIpc) is 2.87. The van der Waals surface area contributed by atoms with E-state index in [9.17, 15) is 9.90 Å². The highest BCUT2D eigenvalue weighted by atomic mass is 16.3. The summed E-state index contributed by atoms with van der Waals surface area (Å²) >= 11 is 0. The Morgan fingerprint density at radius 2 is 2.44 bits per heavy atom. The molecule has 1 aromatic rings. The van der Waals surface area contributed by atoms with Crippen LogP contribution in [0.2, 0.25) is 0 Å². The van der Waals surface area contributed by atoms with Crippen molar-refractivity contribution in [2.24, 2.45) is 0 Å². The number of amides is 1. The number of hydrogen-bond donors (Lipinski definition) is 1. The second-order valence-electron chi connectivity index (χ2n) is 4.11. The zero-order chi connectivity index (χ0) is 11.7. The molecule has 2 atom stereocenters. The van der Waals surface area contributed by atoms with Gasteiger partial charge in [0, 0.05) is 13.6 Å². The first-order chi connectivity index (χ1) is 7.63. The third-order valence-electron chi connectivity index (χ3n) is 2.97. The van der Waals surface area contributed by atoms with Crippen LogP contribution in [0.25, 0.3) is 0 Å². The molecule has 0 radical (unpaired) electrons. The van der Waals surface area contributed by atoms with Gasteiger partial charge < -0.3 is 10.0 Å². The Labute approximate surface area is 93.9 Å². The normalized spacial score (nSPS) is 22.8. The largest absolute Gasteiger partial charge is 0.387 e. The predicted octanol–water partition coefficient (Wildman–Crippen LogP) is 0.125. The number of aliphatic hydroxyl groups excluding tert-OH is 1. The van der Waals surface area contributed by atoms with Gasteiger partial charge in [0.25, 0.3) is 0 Å². The summed E-state index contributed by atoms with van der Waals surface area (Å²) in [5.74, 6) is 0.0578. The smallest absolute Gasteiger partial charge is 0.247 e. The molecule has 1 N–H and O–H groups in total. The number of nitrogens with zero attached hydrogens (tertiary/aromatic N) is 4. The first kappa shape index (κ1) is 11.1. The van der Waals surface area contributed by atoms with Crippen LogP contribution in [-0.4, -0.2) is 44.5 Å². The Hall–Kier alpha value is -1.43. The van der Waals surface area contributed by atoms with E-state index in [-0.39, 0.29) is 11.9 Å². The lowest BCUT2D eigenvalue weighted by atomic mass is 10.2. The molecule has 1 amide bonds. The predicted molar refractivity (Wildman–Crippen MR) is 56.6 cm³/mol. The van der Waals surface area contributed by atoms with E-state index in [1.54, 1.807) is 22.8 Å². The molecule has 0 bridgehead atoms. The number of likely N-dealkylation sites (tertiary alicyclic amines) is 1. The Morgan fingerprint density at radius 1 is 1.69 bits per heavy atom. The molecule has 2 heterocycles. The quantitative estimate of drug-likeness (QED) is 0.792. The number of rotatable bonds is 3. The minimum Gasteiger partial charge on any atom is -0.387 e. The molecule has 1 aliphatic heterocycles. The third kappa shape index (κ3) is 1.80. The maximum atomic E-state index is 11.7. The number of hydrogen-bond acceptors (Lipinski definition) is 4. The Kier molecular flexibility index (Phi) is 2.91. The van der Waals surface area contributed by atoms with Crippen molar-refractivity contribution >= 4 is 5.91 Å². The highest BCUT2D eigenvalue weighted by Crippen LogP contribution is 2.22. The van der Waals surface area contributed by atoms with E-state index in [2.05, 4.69) is 10.3 Å². The van der Waals surface area contributed by atoms with Gasteiger partial charge >= 0.3 is 0 Å². The topological polar surface area (TPSA) is 71.2 Å². The van der Waals surface area contributed by atoms with Gasteiger partial charge in [-0.25, -0.2) is 4.68 Å². The summed E-state index contributed by atoms with van der Waals surface area (Å²) in [6.45, 7) is 2.62. The lowest BCUT2D eigenvalue weighted by molar-refractivity contribution is -0.129. The molecule has 0 aromatic carbocycles. The summed E-state index contributed by atoms with van der Waals surface area (Å²) in [5, 5.41) is 17.4. The fourth-order valence-corrected chi connectivity index (χ4v) is 1.85. The number of likely N-dealkylation sites (N-methyl/N-ethyl adjacent to an activating group) is 1. The van der Waals surface area contributed by atoms with Gasteiger partial charge in [-0.05, 0) is 12.8 Å². The van der Waals surface area contributed by atoms with Gasteiger partial charge in [0.05, 0.1) is 12.3 Å². The minimum absolute atomic E-state index is 0.0578. The second-order valence-corrected chi connectivity index (χ2v) is 4.11. The molecule has 88 valence electrons. The second kappa shape index (κ2) is 4.21. The van der Waals surface area contributed by atoms with Gasteiger partial charge in [0.2, 0.25) is 5.91 Å². The first-order valence-electron chi connectivity index (χ1n) is 5.48. The number of aromatic nitrogens is 3. The van der Waals surface area contributed by atoms with E-state index < -0.39 is 6.10 Å². The highest BCUT2D eigenvalue weighted by molar-refractivity contribution is 5.82. The van der Waals surface area contributed by atoms with Gasteiger partial charge in [-0.2, -0.15) is 0 Å².